The molecule has 0 atom stereocenters. The summed E-state index contributed by atoms with van der Waals surface area (Å²) in [5.74, 6) is -0.767. The summed E-state index contributed by atoms with van der Waals surface area (Å²) < 4.78 is 4.51. The Hall–Kier alpha value is -2.50. The lowest BCUT2D eigenvalue weighted by atomic mass is 9.96. The minimum atomic E-state index is -0.767. The summed E-state index contributed by atoms with van der Waals surface area (Å²) >= 11 is 0. The molecule has 18 heavy (non-hydrogen) atoms. The predicted octanol–water partition coefficient (Wildman–Crippen LogP) is 1.44. The molecule has 0 fully saturated rings. The van der Waals surface area contributed by atoms with Gasteiger partial charge < -0.3 is 4.74 Å². The van der Waals surface area contributed by atoms with Crippen LogP contribution in [-0.2, 0) is 9.53 Å². The molecule has 0 heterocycles. The molecule has 0 N–H and O–H groups in total. The lowest BCUT2D eigenvalue weighted by Crippen LogP contribution is -2.22. The first kappa shape index (κ1) is 13.6. The van der Waals surface area contributed by atoms with Crippen molar-refractivity contribution in [3.05, 3.63) is 57.8 Å². The standard InChI is InChI=1S/C12H12N2O4/c1-4-5-8-6-7-9(12(15)18-3)11(14(16)17)10(8)13-2/h4-7H,1H2,2-3H3/b8-5-,13-10+. The van der Waals surface area contributed by atoms with Crippen LogP contribution in [0.25, 0.3) is 0 Å². The van der Waals surface area contributed by atoms with E-state index >= 15 is 0 Å². The van der Waals surface area contributed by atoms with Gasteiger partial charge >= 0.3 is 11.7 Å². The molecule has 1 rings (SSSR count). The third-order valence-corrected chi connectivity index (χ3v) is 2.29. The fourth-order valence-corrected chi connectivity index (χ4v) is 1.55. The lowest BCUT2D eigenvalue weighted by molar-refractivity contribution is -0.415. The number of ether oxygens (including phenoxy) is 1. The number of carbonyl (C=O) groups excluding carboxylic acids is 1. The molecule has 0 amide bonds. The molecule has 0 spiro atoms. The summed E-state index contributed by atoms with van der Waals surface area (Å²) in [5, 5.41) is 11.1. The van der Waals surface area contributed by atoms with Gasteiger partial charge in [0.25, 0.3) is 0 Å². The molecule has 0 aromatic rings. The Balaban J connectivity index is 3.48. The molecule has 0 aliphatic heterocycles. The minimum Gasteiger partial charge on any atom is -0.465 e. The van der Waals surface area contributed by atoms with E-state index < -0.39 is 10.9 Å². The van der Waals surface area contributed by atoms with Gasteiger partial charge in [0.15, 0.2) is 0 Å². The number of aliphatic imine (C=N–C) groups is 1. The Labute approximate surface area is 104 Å². The van der Waals surface area contributed by atoms with E-state index in [0.717, 1.165) is 0 Å². The van der Waals surface area contributed by atoms with Crippen LogP contribution in [-0.4, -0.2) is 30.8 Å². The van der Waals surface area contributed by atoms with Gasteiger partial charge in [0.1, 0.15) is 11.3 Å². The van der Waals surface area contributed by atoms with Gasteiger partial charge in [-0.3, -0.25) is 15.1 Å². The zero-order valence-electron chi connectivity index (χ0n) is 10.0. The molecule has 0 radical (unpaired) electrons. The zero-order chi connectivity index (χ0) is 13.7. The van der Waals surface area contributed by atoms with Crippen molar-refractivity contribution in [2.24, 2.45) is 4.99 Å². The number of rotatable bonds is 3. The quantitative estimate of drug-likeness (QED) is 0.430. The van der Waals surface area contributed by atoms with Gasteiger partial charge in [-0.05, 0) is 6.08 Å². The molecule has 0 saturated carbocycles. The van der Waals surface area contributed by atoms with Gasteiger partial charge in [-0.15, -0.1) is 0 Å². The van der Waals surface area contributed by atoms with E-state index in [1.807, 2.05) is 0 Å². The molecule has 0 unspecified atom stereocenters. The van der Waals surface area contributed by atoms with E-state index in [2.05, 4.69) is 16.3 Å². The summed E-state index contributed by atoms with van der Waals surface area (Å²) in [5.41, 5.74) is 0.166. The van der Waals surface area contributed by atoms with Crippen LogP contribution >= 0.6 is 0 Å². The predicted molar refractivity (Wildman–Crippen MR) is 66.8 cm³/mol. The Morgan fingerprint density at radius 2 is 2.22 bits per heavy atom. The van der Waals surface area contributed by atoms with Crippen molar-refractivity contribution in [3.8, 4) is 0 Å². The first-order valence-corrected chi connectivity index (χ1v) is 5.02. The maximum Gasteiger partial charge on any atom is 0.344 e. The Kier molecular flexibility index (Phi) is 4.31. The maximum absolute atomic E-state index is 11.5. The van der Waals surface area contributed by atoms with Crippen LogP contribution in [0.2, 0.25) is 0 Å². The molecule has 6 heteroatoms. The normalized spacial score (nSPS) is 19.2. The number of allylic oxidation sites excluding steroid dienone is 4. The van der Waals surface area contributed by atoms with Crippen LogP contribution < -0.4 is 0 Å². The molecule has 94 valence electrons. The van der Waals surface area contributed by atoms with Crippen molar-refractivity contribution in [1.29, 1.82) is 0 Å². The van der Waals surface area contributed by atoms with Gasteiger partial charge in [-0.2, -0.15) is 0 Å². The number of hydrogen-bond acceptors (Lipinski definition) is 5. The first-order chi connectivity index (χ1) is 8.56. The second kappa shape index (κ2) is 5.72. The molecular formula is C12H12N2O4. The smallest absolute Gasteiger partial charge is 0.344 e. The van der Waals surface area contributed by atoms with Crippen LogP contribution in [0.1, 0.15) is 0 Å². The second-order valence-corrected chi connectivity index (χ2v) is 3.27. The molecule has 0 bridgehead atoms. The summed E-state index contributed by atoms with van der Waals surface area (Å²) in [6.07, 6.45) is 5.97. The number of hydrogen-bond donors (Lipinski definition) is 0. The second-order valence-electron chi connectivity index (χ2n) is 3.27. The number of carbonyl (C=O) groups is 1. The first-order valence-electron chi connectivity index (χ1n) is 5.02. The van der Waals surface area contributed by atoms with Crippen LogP contribution in [0, 0.1) is 10.1 Å². The third-order valence-electron chi connectivity index (χ3n) is 2.29. The topological polar surface area (TPSA) is 81.8 Å². The van der Waals surface area contributed by atoms with Crippen LogP contribution in [0.3, 0.4) is 0 Å². The highest BCUT2D eigenvalue weighted by Crippen LogP contribution is 2.22. The van der Waals surface area contributed by atoms with Gasteiger partial charge in [-0.1, -0.05) is 24.8 Å². The van der Waals surface area contributed by atoms with Crippen molar-refractivity contribution >= 4 is 11.7 Å². The molecular weight excluding hydrogens is 236 g/mol. The van der Waals surface area contributed by atoms with Crippen molar-refractivity contribution < 1.29 is 14.5 Å². The zero-order valence-corrected chi connectivity index (χ0v) is 10.0. The molecule has 1 aliphatic carbocycles. The van der Waals surface area contributed by atoms with Gasteiger partial charge in [0.2, 0.25) is 0 Å². The highest BCUT2D eigenvalue weighted by Gasteiger charge is 2.32. The fraction of sp³-hybridized carbons (Fsp3) is 0.167. The van der Waals surface area contributed by atoms with Crippen LogP contribution in [0.5, 0.6) is 0 Å². The average molecular weight is 248 g/mol. The number of esters is 1. The lowest BCUT2D eigenvalue weighted by Gasteiger charge is -2.11. The summed E-state index contributed by atoms with van der Waals surface area (Å²) in [7, 11) is 2.59. The van der Waals surface area contributed by atoms with Crippen molar-refractivity contribution in [2.45, 2.75) is 0 Å². The van der Waals surface area contributed by atoms with Gasteiger partial charge in [0, 0.05) is 12.6 Å². The molecule has 0 saturated heterocycles. The largest absolute Gasteiger partial charge is 0.465 e. The van der Waals surface area contributed by atoms with Gasteiger partial charge in [-0.25, -0.2) is 4.79 Å². The van der Waals surface area contributed by atoms with E-state index in [4.69, 9.17) is 0 Å². The summed E-state index contributed by atoms with van der Waals surface area (Å²) in [6, 6.07) is 0. The van der Waals surface area contributed by atoms with E-state index in [1.165, 1.54) is 26.3 Å². The SMILES string of the molecule is C=C/C=C1/C=CC(C(=O)OC)=C([N+](=O)[O-])/C1=N/C. The van der Waals surface area contributed by atoms with Crippen LogP contribution in [0.15, 0.2) is 52.7 Å². The maximum atomic E-state index is 11.5. The van der Waals surface area contributed by atoms with Crippen LogP contribution in [0.4, 0.5) is 0 Å². The highest BCUT2D eigenvalue weighted by atomic mass is 16.6. The van der Waals surface area contributed by atoms with E-state index in [1.54, 1.807) is 12.2 Å². The molecule has 6 nitrogen and oxygen atoms in total. The molecule has 0 aromatic carbocycles. The van der Waals surface area contributed by atoms with Crippen molar-refractivity contribution in [1.82, 2.24) is 0 Å². The molecule has 1 aliphatic rings. The van der Waals surface area contributed by atoms with E-state index in [-0.39, 0.29) is 17.0 Å². The Morgan fingerprint density at radius 3 is 2.67 bits per heavy atom. The summed E-state index contributed by atoms with van der Waals surface area (Å²) in [4.78, 5) is 25.8. The van der Waals surface area contributed by atoms with Crippen molar-refractivity contribution in [3.63, 3.8) is 0 Å². The van der Waals surface area contributed by atoms with E-state index in [9.17, 15) is 14.9 Å². The third kappa shape index (κ3) is 2.42. The fourth-order valence-electron chi connectivity index (χ4n) is 1.55. The number of nitrogens with zero attached hydrogens (tertiary/aromatic N) is 2. The number of methoxy groups -OCH3 is 1. The van der Waals surface area contributed by atoms with Gasteiger partial charge in [0.05, 0.1) is 12.0 Å². The summed E-state index contributed by atoms with van der Waals surface area (Å²) in [6.45, 7) is 3.52. The Morgan fingerprint density at radius 1 is 1.56 bits per heavy atom. The monoisotopic (exact) mass is 248 g/mol. The van der Waals surface area contributed by atoms with E-state index in [0.29, 0.717) is 5.57 Å². The average Bonchev–Trinajstić information content (AvgIpc) is 2.37. The molecule has 0 aromatic heterocycles. The minimum absolute atomic E-state index is 0.121. The highest BCUT2D eigenvalue weighted by molar-refractivity contribution is 6.18. The number of nitro groups is 1. The Bertz CT molecular complexity index is 524. The van der Waals surface area contributed by atoms with Crippen molar-refractivity contribution in [2.75, 3.05) is 14.2 Å².